The molecule has 12 nitrogen and oxygen atoms in total. The van der Waals surface area contributed by atoms with Crippen LogP contribution in [0.1, 0.15) is 41.3 Å². The number of ether oxygens (including phenoxy) is 2. The van der Waals surface area contributed by atoms with Crippen molar-refractivity contribution in [2.75, 3.05) is 18.9 Å². The highest BCUT2D eigenvalue weighted by Gasteiger charge is 2.25. The summed E-state index contributed by atoms with van der Waals surface area (Å²) < 4.78 is 10.6. The smallest absolute Gasteiger partial charge is 0.328 e. The zero-order valence-electron chi connectivity index (χ0n) is 24.0. The van der Waals surface area contributed by atoms with Gasteiger partial charge in [0.05, 0.1) is 12.0 Å². The minimum atomic E-state index is -1.43. The Bertz CT molecular complexity index is 1410. The molecule has 41 heavy (non-hydrogen) atoms. The number of hydrogen-bond acceptors (Lipinski definition) is 9. The van der Waals surface area contributed by atoms with Crippen LogP contribution in [0.4, 0.5) is 5.95 Å². The highest BCUT2D eigenvalue weighted by atomic mass is 28.3. The van der Waals surface area contributed by atoms with Crippen molar-refractivity contribution in [2.45, 2.75) is 70.4 Å². The predicted molar refractivity (Wildman–Crippen MR) is 159 cm³/mol. The lowest BCUT2D eigenvalue weighted by molar-refractivity contribution is -0.149. The van der Waals surface area contributed by atoms with Crippen LogP contribution in [0.5, 0.6) is 0 Å². The van der Waals surface area contributed by atoms with Gasteiger partial charge in [0.15, 0.2) is 0 Å². The van der Waals surface area contributed by atoms with Crippen LogP contribution in [0.15, 0.2) is 35.3 Å². The zero-order valence-corrected chi connectivity index (χ0v) is 25.0. The molecule has 1 amide bonds. The normalized spacial score (nSPS) is 13.0. The quantitative estimate of drug-likeness (QED) is 0.139. The van der Waals surface area contributed by atoms with Crippen molar-refractivity contribution in [3.63, 3.8) is 0 Å². The number of nitrogens with two attached hydrogens (primary N) is 2. The first-order chi connectivity index (χ1) is 19.4. The van der Waals surface area contributed by atoms with Gasteiger partial charge < -0.3 is 31.2 Å². The Morgan fingerprint density at radius 2 is 1.83 bits per heavy atom. The van der Waals surface area contributed by atoms with E-state index >= 15 is 0 Å². The molecule has 2 aromatic heterocycles. The van der Waals surface area contributed by atoms with Crippen LogP contribution in [0.2, 0.25) is 25.7 Å². The molecular formula is C28H40N6O6Si. The zero-order chi connectivity index (χ0) is 30.2. The number of benzene rings is 1. The number of aromatic nitrogens is 3. The van der Waals surface area contributed by atoms with E-state index < -0.39 is 38.1 Å². The van der Waals surface area contributed by atoms with E-state index in [2.05, 4.69) is 39.9 Å². The Hall–Kier alpha value is -3.97. The fraction of sp³-hybridized carbons (Fsp3) is 0.464. The van der Waals surface area contributed by atoms with E-state index in [1.54, 1.807) is 25.3 Å². The number of fused-ring (bicyclic) bond motifs is 1. The van der Waals surface area contributed by atoms with Crippen molar-refractivity contribution >= 4 is 42.9 Å². The number of nitrogens with one attached hydrogen (secondary N) is 3. The first-order valence-corrected chi connectivity index (χ1v) is 17.4. The van der Waals surface area contributed by atoms with E-state index in [0.29, 0.717) is 29.4 Å². The summed E-state index contributed by atoms with van der Waals surface area (Å²) in [4.78, 5) is 59.9. The second kappa shape index (κ2) is 14.1. The Kier molecular flexibility index (Phi) is 10.8. The number of hydrogen-bond donors (Lipinski definition) is 5. The summed E-state index contributed by atoms with van der Waals surface area (Å²) >= 11 is 0. The standard InChI is InChI=1S/C28H40N6O6Si/c1-17(15-29)40-22(35)12-11-21(27(38)39-13-14-41(2,3)4)32-25(36)19-8-5-18(6-9-19)7-10-20-16-31-24-23(20)26(37)34-28(30)33-24/h5-6,8-9,16-17,21H,7,10-15,29H2,1-4H3,(H,32,36)(H4,30,31,33,34,37)/t17?,21-/m1/s1. The number of esters is 2. The van der Waals surface area contributed by atoms with Crippen LogP contribution in [0.25, 0.3) is 11.0 Å². The number of rotatable bonds is 14. The highest BCUT2D eigenvalue weighted by Crippen LogP contribution is 2.16. The van der Waals surface area contributed by atoms with Crippen LogP contribution in [-0.2, 0) is 31.9 Å². The molecule has 13 heteroatoms. The second-order valence-corrected chi connectivity index (χ2v) is 16.9. The second-order valence-electron chi connectivity index (χ2n) is 11.3. The molecule has 0 aliphatic carbocycles. The van der Waals surface area contributed by atoms with Gasteiger partial charge in [0.25, 0.3) is 11.5 Å². The van der Waals surface area contributed by atoms with Gasteiger partial charge in [-0.1, -0.05) is 31.8 Å². The van der Waals surface area contributed by atoms with Crippen molar-refractivity contribution in [3.05, 3.63) is 57.5 Å². The molecule has 0 aliphatic rings. The maximum absolute atomic E-state index is 13.0. The first-order valence-electron chi connectivity index (χ1n) is 13.7. The fourth-order valence-corrected chi connectivity index (χ4v) is 4.78. The van der Waals surface area contributed by atoms with Crippen LogP contribution >= 0.6 is 0 Å². The van der Waals surface area contributed by atoms with Gasteiger partial charge in [-0.2, -0.15) is 4.98 Å². The third-order valence-corrected chi connectivity index (χ3v) is 8.23. The summed E-state index contributed by atoms with van der Waals surface area (Å²) in [6.07, 6.45) is 2.46. The van der Waals surface area contributed by atoms with Gasteiger partial charge in [-0.05, 0) is 55.5 Å². The summed E-state index contributed by atoms with van der Waals surface area (Å²) in [5.41, 5.74) is 13.4. The van der Waals surface area contributed by atoms with Crippen molar-refractivity contribution in [3.8, 4) is 0 Å². The van der Waals surface area contributed by atoms with Crippen molar-refractivity contribution < 1.29 is 23.9 Å². The number of nitrogen functional groups attached to an aromatic ring is 1. The molecule has 2 heterocycles. The molecule has 0 radical (unpaired) electrons. The van der Waals surface area contributed by atoms with Gasteiger partial charge >= 0.3 is 11.9 Å². The van der Waals surface area contributed by atoms with Crippen LogP contribution in [0.3, 0.4) is 0 Å². The molecule has 222 valence electrons. The third kappa shape index (κ3) is 9.57. The van der Waals surface area contributed by atoms with E-state index in [1.165, 1.54) is 0 Å². The first kappa shape index (κ1) is 31.6. The number of H-pyrrole nitrogens is 2. The maximum Gasteiger partial charge on any atom is 0.328 e. The Morgan fingerprint density at radius 1 is 1.12 bits per heavy atom. The highest BCUT2D eigenvalue weighted by molar-refractivity contribution is 6.76. The van der Waals surface area contributed by atoms with Gasteiger partial charge in [0, 0.05) is 32.8 Å². The van der Waals surface area contributed by atoms with E-state index in [-0.39, 0.29) is 37.5 Å². The summed E-state index contributed by atoms with van der Waals surface area (Å²) in [5.74, 6) is -1.50. The summed E-state index contributed by atoms with van der Waals surface area (Å²) in [7, 11) is -1.43. The summed E-state index contributed by atoms with van der Waals surface area (Å²) in [6.45, 7) is 8.65. The molecular weight excluding hydrogens is 544 g/mol. The number of nitrogens with zero attached hydrogens (tertiary/aromatic N) is 1. The molecule has 1 unspecified atom stereocenters. The molecule has 0 bridgehead atoms. The molecule has 0 aliphatic heterocycles. The van der Waals surface area contributed by atoms with Crippen LogP contribution < -0.4 is 22.3 Å². The number of carbonyl (C=O) groups is 3. The molecule has 7 N–H and O–H groups in total. The van der Waals surface area contributed by atoms with E-state index in [9.17, 15) is 19.2 Å². The molecule has 1 aromatic carbocycles. The molecule has 0 saturated heterocycles. The van der Waals surface area contributed by atoms with Gasteiger partial charge in [-0.3, -0.25) is 19.4 Å². The molecule has 3 aromatic rings. The van der Waals surface area contributed by atoms with Crippen LogP contribution in [0, 0.1) is 0 Å². The Balaban J connectivity index is 1.62. The summed E-state index contributed by atoms with van der Waals surface area (Å²) in [5, 5.41) is 3.19. The lowest BCUT2D eigenvalue weighted by Crippen LogP contribution is -2.42. The monoisotopic (exact) mass is 584 g/mol. The molecule has 0 fully saturated rings. The van der Waals surface area contributed by atoms with Gasteiger partial charge in [-0.25, -0.2) is 4.79 Å². The molecule has 2 atom stereocenters. The van der Waals surface area contributed by atoms with Gasteiger partial charge in [0.1, 0.15) is 17.8 Å². The van der Waals surface area contributed by atoms with Gasteiger partial charge in [-0.15, -0.1) is 0 Å². The van der Waals surface area contributed by atoms with Crippen molar-refractivity contribution in [1.29, 1.82) is 0 Å². The SMILES string of the molecule is CC(CN)OC(=O)CC[C@@H](NC(=O)c1ccc(CCc2c[nH]c3nc(N)[nH]c(=O)c23)cc1)C(=O)OCC[Si](C)(C)C. The molecule has 3 rings (SSSR count). The largest absolute Gasteiger partial charge is 0.464 e. The Morgan fingerprint density at radius 3 is 2.49 bits per heavy atom. The minimum absolute atomic E-state index is 0.0377. The summed E-state index contributed by atoms with van der Waals surface area (Å²) in [6, 6.07) is 6.74. The topological polar surface area (TPSA) is 195 Å². The average molecular weight is 585 g/mol. The number of aromatic amines is 2. The number of anilines is 1. The predicted octanol–water partition coefficient (Wildman–Crippen LogP) is 2.27. The lowest BCUT2D eigenvalue weighted by Gasteiger charge is -2.20. The fourth-order valence-electron chi connectivity index (χ4n) is 4.06. The average Bonchev–Trinajstić information content (AvgIpc) is 3.32. The molecule has 0 saturated carbocycles. The molecule has 0 spiro atoms. The van der Waals surface area contributed by atoms with E-state index in [4.69, 9.17) is 20.9 Å². The lowest BCUT2D eigenvalue weighted by atomic mass is 10.0. The Labute approximate surface area is 239 Å². The maximum atomic E-state index is 13.0. The number of aryl methyl sites for hydroxylation is 2. The number of amides is 1. The van der Waals surface area contributed by atoms with E-state index in [1.807, 2.05) is 12.1 Å². The number of carbonyl (C=O) groups excluding carboxylic acids is 3. The van der Waals surface area contributed by atoms with Crippen molar-refractivity contribution in [1.82, 2.24) is 20.3 Å². The van der Waals surface area contributed by atoms with E-state index in [0.717, 1.165) is 17.2 Å². The third-order valence-electron chi connectivity index (χ3n) is 6.53. The van der Waals surface area contributed by atoms with Crippen LogP contribution in [-0.4, -0.2) is 66.2 Å². The minimum Gasteiger partial charge on any atom is -0.464 e. The van der Waals surface area contributed by atoms with Crippen molar-refractivity contribution in [2.24, 2.45) is 5.73 Å². The van der Waals surface area contributed by atoms with Gasteiger partial charge in [0.2, 0.25) is 5.95 Å².